The first kappa shape index (κ1) is 30.0. The van der Waals surface area contributed by atoms with E-state index >= 15 is 0 Å². The van der Waals surface area contributed by atoms with Crippen molar-refractivity contribution in [2.24, 2.45) is 7.05 Å². The van der Waals surface area contributed by atoms with Crippen molar-refractivity contribution in [2.75, 3.05) is 52.1 Å². The zero-order valence-electron chi connectivity index (χ0n) is 24.9. The second-order valence-electron chi connectivity index (χ2n) is 11.0. The van der Waals surface area contributed by atoms with E-state index < -0.39 is 5.91 Å². The molecule has 0 unspecified atom stereocenters. The summed E-state index contributed by atoms with van der Waals surface area (Å²) in [5, 5.41) is 10.4. The van der Waals surface area contributed by atoms with Gasteiger partial charge >= 0.3 is 0 Å². The topological polar surface area (TPSA) is 119 Å². The smallest absolute Gasteiger partial charge is 0.291 e. The number of halogens is 1. The minimum Gasteiger partial charge on any atom is -0.338 e. The second kappa shape index (κ2) is 12.4. The standard InChI is InChI=1S/C31H35ClN8O3/c1-19-28(20(2)36-35-19)22-8-6-21(7-9-22)26-17-33-29(38(26)5)30(42)34-23-10-11-24(25(32)16-23)31(43)40-14-12-39(13-15-40)27(41)18-37(3)4/h6-11,16-17H,12-15,18H2,1-5H3,(H,34,42)(H,35,36). The summed E-state index contributed by atoms with van der Waals surface area (Å²) in [6, 6.07) is 12.9. The third-order valence-electron chi connectivity index (χ3n) is 7.62. The van der Waals surface area contributed by atoms with Crippen LogP contribution in [0.1, 0.15) is 32.4 Å². The number of nitrogens with zero attached hydrogens (tertiary/aromatic N) is 6. The maximum absolute atomic E-state index is 13.2. The molecule has 11 nitrogen and oxygen atoms in total. The summed E-state index contributed by atoms with van der Waals surface area (Å²) in [4.78, 5) is 48.3. The fourth-order valence-corrected chi connectivity index (χ4v) is 5.59. The molecular formula is C31H35ClN8O3. The van der Waals surface area contributed by atoms with Crippen LogP contribution in [0.3, 0.4) is 0 Å². The number of rotatable bonds is 7. The molecule has 2 aromatic carbocycles. The van der Waals surface area contributed by atoms with Crippen LogP contribution >= 0.6 is 11.6 Å². The number of benzene rings is 2. The Hall–Kier alpha value is -4.48. The third kappa shape index (κ3) is 6.32. The van der Waals surface area contributed by atoms with E-state index in [1.54, 1.807) is 45.8 Å². The van der Waals surface area contributed by atoms with Crippen LogP contribution < -0.4 is 5.32 Å². The normalized spacial score (nSPS) is 13.5. The van der Waals surface area contributed by atoms with Crippen molar-refractivity contribution >= 4 is 35.0 Å². The average Bonchev–Trinajstić information content (AvgIpc) is 3.53. The summed E-state index contributed by atoms with van der Waals surface area (Å²) in [6.45, 7) is 6.11. The van der Waals surface area contributed by atoms with E-state index in [1.807, 2.05) is 57.1 Å². The number of aromatic amines is 1. The van der Waals surface area contributed by atoms with Gasteiger partial charge in [0.05, 0.1) is 34.7 Å². The number of hydrogen-bond donors (Lipinski definition) is 2. The largest absolute Gasteiger partial charge is 0.338 e. The van der Waals surface area contributed by atoms with Crippen LogP contribution in [-0.4, -0.2) is 99.0 Å². The van der Waals surface area contributed by atoms with Crippen LogP contribution in [0.4, 0.5) is 5.69 Å². The predicted molar refractivity (Wildman–Crippen MR) is 166 cm³/mol. The van der Waals surface area contributed by atoms with Crippen molar-refractivity contribution in [1.82, 2.24) is 34.4 Å². The van der Waals surface area contributed by atoms with Gasteiger partial charge in [0.2, 0.25) is 5.91 Å². The fourth-order valence-electron chi connectivity index (χ4n) is 5.33. The van der Waals surface area contributed by atoms with Gasteiger partial charge in [-0.3, -0.25) is 19.5 Å². The van der Waals surface area contributed by atoms with Gasteiger partial charge in [-0.1, -0.05) is 35.9 Å². The van der Waals surface area contributed by atoms with Crippen molar-refractivity contribution in [2.45, 2.75) is 13.8 Å². The molecule has 0 atom stereocenters. The van der Waals surface area contributed by atoms with Gasteiger partial charge in [0.25, 0.3) is 11.8 Å². The lowest BCUT2D eigenvalue weighted by Crippen LogP contribution is -2.52. The Labute approximate surface area is 255 Å². The summed E-state index contributed by atoms with van der Waals surface area (Å²) in [6.07, 6.45) is 1.67. The first-order valence-electron chi connectivity index (χ1n) is 14.0. The maximum atomic E-state index is 13.2. The number of imidazole rings is 1. The van der Waals surface area contributed by atoms with Gasteiger partial charge in [0.15, 0.2) is 5.82 Å². The Balaban J connectivity index is 1.23. The van der Waals surface area contributed by atoms with Crippen LogP contribution in [0.25, 0.3) is 22.4 Å². The monoisotopic (exact) mass is 602 g/mol. The lowest BCUT2D eigenvalue weighted by molar-refractivity contribution is -0.133. The quantitative estimate of drug-likeness (QED) is 0.332. The molecule has 1 saturated heterocycles. The molecule has 43 heavy (non-hydrogen) atoms. The highest BCUT2D eigenvalue weighted by Gasteiger charge is 2.26. The highest BCUT2D eigenvalue weighted by Crippen LogP contribution is 2.29. The zero-order valence-corrected chi connectivity index (χ0v) is 25.7. The van der Waals surface area contributed by atoms with Gasteiger partial charge < -0.3 is 24.6 Å². The molecule has 4 aromatic rings. The van der Waals surface area contributed by atoms with Crippen LogP contribution in [-0.2, 0) is 11.8 Å². The van der Waals surface area contributed by atoms with Crippen LogP contribution in [0.5, 0.6) is 0 Å². The van der Waals surface area contributed by atoms with E-state index in [1.165, 1.54) is 0 Å². The van der Waals surface area contributed by atoms with Crippen molar-refractivity contribution in [1.29, 1.82) is 0 Å². The van der Waals surface area contributed by atoms with E-state index in [2.05, 4.69) is 20.5 Å². The van der Waals surface area contributed by atoms with E-state index in [9.17, 15) is 14.4 Å². The summed E-state index contributed by atoms with van der Waals surface area (Å²) in [5.41, 5.74) is 6.59. The van der Waals surface area contributed by atoms with Gasteiger partial charge in [-0.25, -0.2) is 4.98 Å². The molecule has 5 rings (SSSR count). The fraction of sp³-hybridized carbons (Fsp3) is 0.323. The lowest BCUT2D eigenvalue weighted by Gasteiger charge is -2.35. The van der Waals surface area contributed by atoms with Crippen LogP contribution in [0.15, 0.2) is 48.7 Å². The second-order valence-corrected chi connectivity index (χ2v) is 11.4. The van der Waals surface area contributed by atoms with E-state index in [4.69, 9.17) is 11.6 Å². The number of aromatic nitrogens is 4. The summed E-state index contributed by atoms with van der Waals surface area (Å²) >= 11 is 6.50. The number of piperazine rings is 1. The summed E-state index contributed by atoms with van der Waals surface area (Å²) in [5.74, 6) is -0.328. The van der Waals surface area contributed by atoms with Crippen LogP contribution in [0, 0.1) is 13.8 Å². The molecule has 3 heterocycles. The lowest BCUT2D eigenvalue weighted by atomic mass is 10.0. The van der Waals surface area contributed by atoms with Gasteiger partial charge in [-0.2, -0.15) is 5.10 Å². The number of carbonyl (C=O) groups is 3. The number of H-pyrrole nitrogens is 1. The van der Waals surface area contributed by atoms with Crippen molar-refractivity contribution < 1.29 is 14.4 Å². The molecule has 0 saturated carbocycles. The van der Waals surface area contributed by atoms with Crippen LogP contribution in [0.2, 0.25) is 5.02 Å². The Morgan fingerprint density at radius 1 is 0.977 bits per heavy atom. The number of likely N-dealkylation sites (N-methyl/N-ethyl adjacent to an activating group) is 1. The Kier molecular flexibility index (Phi) is 8.65. The number of nitrogens with one attached hydrogen (secondary N) is 2. The molecular weight excluding hydrogens is 568 g/mol. The molecule has 3 amide bonds. The molecule has 1 fully saturated rings. The molecule has 2 aromatic heterocycles. The van der Waals surface area contributed by atoms with E-state index in [0.717, 1.165) is 33.8 Å². The molecule has 1 aliphatic rings. The van der Waals surface area contributed by atoms with E-state index in [-0.39, 0.29) is 22.7 Å². The number of anilines is 1. The SMILES string of the molecule is Cc1n[nH]c(C)c1-c1ccc(-c2cnc(C(=O)Nc3ccc(C(=O)N4CCN(C(=O)CN(C)C)CC4)c(Cl)c3)n2C)cc1. The third-order valence-corrected chi connectivity index (χ3v) is 7.93. The summed E-state index contributed by atoms with van der Waals surface area (Å²) in [7, 11) is 5.49. The predicted octanol–water partition coefficient (Wildman–Crippen LogP) is 3.85. The minimum absolute atomic E-state index is 0.0449. The highest BCUT2D eigenvalue weighted by molar-refractivity contribution is 6.34. The maximum Gasteiger partial charge on any atom is 0.291 e. The molecule has 2 N–H and O–H groups in total. The minimum atomic E-state index is -0.399. The number of carbonyl (C=O) groups excluding carboxylic acids is 3. The molecule has 12 heteroatoms. The number of hydrogen-bond acceptors (Lipinski definition) is 6. The van der Waals surface area contributed by atoms with Gasteiger partial charge in [-0.05, 0) is 57.3 Å². The highest BCUT2D eigenvalue weighted by atomic mass is 35.5. The Morgan fingerprint density at radius 3 is 2.23 bits per heavy atom. The van der Waals surface area contributed by atoms with Gasteiger partial charge in [0.1, 0.15) is 0 Å². The van der Waals surface area contributed by atoms with Gasteiger partial charge in [-0.15, -0.1) is 0 Å². The summed E-state index contributed by atoms with van der Waals surface area (Å²) < 4.78 is 1.74. The molecule has 224 valence electrons. The van der Waals surface area contributed by atoms with Gasteiger partial charge in [0, 0.05) is 50.2 Å². The molecule has 0 radical (unpaired) electrons. The van der Waals surface area contributed by atoms with Crippen molar-refractivity contribution in [3.8, 4) is 22.4 Å². The zero-order chi connectivity index (χ0) is 30.8. The molecule has 0 bridgehead atoms. The first-order valence-corrected chi connectivity index (χ1v) is 14.4. The molecule has 1 aliphatic heterocycles. The Bertz CT molecular complexity index is 1650. The number of amides is 3. The van der Waals surface area contributed by atoms with Crippen molar-refractivity contribution in [3.05, 3.63) is 76.5 Å². The first-order chi connectivity index (χ1) is 20.5. The molecule has 0 spiro atoms. The molecule has 0 aliphatic carbocycles. The Morgan fingerprint density at radius 2 is 1.63 bits per heavy atom. The number of aryl methyl sites for hydroxylation is 2. The van der Waals surface area contributed by atoms with Crippen molar-refractivity contribution in [3.63, 3.8) is 0 Å². The van der Waals surface area contributed by atoms with E-state index in [0.29, 0.717) is 44.0 Å². The average molecular weight is 603 g/mol.